The van der Waals surface area contributed by atoms with E-state index >= 15 is 0 Å². The van der Waals surface area contributed by atoms with Crippen LogP contribution in [0.4, 0.5) is 21.9 Å². The Labute approximate surface area is 293 Å². The van der Waals surface area contributed by atoms with E-state index in [2.05, 4.69) is 10.2 Å². The van der Waals surface area contributed by atoms with Gasteiger partial charge in [-0.2, -0.15) is 5.90 Å². The highest BCUT2D eigenvalue weighted by Gasteiger charge is 2.32. The van der Waals surface area contributed by atoms with Gasteiger partial charge in [-0.05, 0) is 81.1 Å². The van der Waals surface area contributed by atoms with Crippen molar-refractivity contribution in [2.24, 2.45) is 23.5 Å². The lowest BCUT2D eigenvalue weighted by Gasteiger charge is -2.32. The molecule has 0 aliphatic rings. The van der Waals surface area contributed by atoms with E-state index in [4.69, 9.17) is 17.6 Å². The van der Waals surface area contributed by atoms with Crippen molar-refractivity contribution in [3.63, 3.8) is 0 Å². The minimum absolute atomic E-state index is 0.106. The standard InChI is InChI=1S/C36H48N8O6/c1-25(2)19-21-41(32(46)24-42(22-20-33(47)50-39)34(48)27-12-7-6-8-13-27)23-31(45)36(4,5)40-28-15-17-29(18-16-28)43(37)35(49)44(38)30-14-10-9-11-26(30)3/h6-18,25,40H,19-24,37-39H2,1-5H3. The summed E-state index contributed by atoms with van der Waals surface area (Å²) < 4.78 is 0. The minimum Gasteiger partial charge on any atom is -0.373 e. The van der Waals surface area contributed by atoms with Gasteiger partial charge in [0.1, 0.15) is 6.54 Å². The van der Waals surface area contributed by atoms with Crippen LogP contribution in [0.2, 0.25) is 0 Å². The van der Waals surface area contributed by atoms with E-state index in [-0.39, 0.29) is 44.3 Å². The molecule has 0 aliphatic carbocycles. The zero-order chi connectivity index (χ0) is 37.0. The van der Waals surface area contributed by atoms with Gasteiger partial charge in [0.25, 0.3) is 5.91 Å². The van der Waals surface area contributed by atoms with E-state index in [1.54, 1.807) is 80.6 Å². The number of urea groups is 1. The lowest BCUT2D eigenvalue weighted by Crippen LogP contribution is -2.51. The Bertz CT molecular complexity index is 1630. The van der Waals surface area contributed by atoms with E-state index in [0.717, 1.165) is 15.6 Å². The summed E-state index contributed by atoms with van der Waals surface area (Å²) in [6, 6.07) is 21.5. The number of anilines is 3. The van der Waals surface area contributed by atoms with Gasteiger partial charge < -0.3 is 20.0 Å². The number of carbonyl (C=O) groups is 5. The lowest BCUT2D eigenvalue weighted by atomic mass is 9.97. The minimum atomic E-state index is -1.13. The van der Waals surface area contributed by atoms with Crippen molar-refractivity contribution in [3.05, 3.63) is 90.0 Å². The van der Waals surface area contributed by atoms with Crippen molar-refractivity contribution in [3.8, 4) is 0 Å². The third-order valence-electron chi connectivity index (χ3n) is 8.10. The fourth-order valence-corrected chi connectivity index (χ4v) is 4.94. The summed E-state index contributed by atoms with van der Waals surface area (Å²) in [4.78, 5) is 72.5. The Kier molecular flexibility index (Phi) is 14.0. The third-order valence-corrected chi connectivity index (χ3v) is 8.10. The van der Waals surface area contributed by atoms with E-state index in [1.165, 1.54) is 9.80 Å². The maximum atomic E-state index is 13.7. The maximum absolute atomic E-state index is 13.7. The van der Waals surface area contributed by atoms with Crippen molar-refractivity contribution in [1.82, 2.24) is 9.80 Å². The zero-order valence-electron chi connectivity index (χ0n) is 29.3. The molecule has 268 valence electrons. The monoisotopic (exact) mass is 688 g/mol. The van der Waals surface area contributed by atoms with Crippen LogP contribution >= 0.6 is 0 Å². The number of hydrogen-bond donors (Lipinski definition) is 4. The SMILES string of the molecule is Cc1ccccc1N(N)C(=O)N(N)c1ccc(NC(C)(C)C(=O)CN(CCC(C)C)C(=O)CN(CCC(=O)ON)C(=O)c2ccccc2)cc1. The van der Waals surface area contributed by atoms with Gasteiger partial charge >= 0.3 is 12.0 Å². The summed E-state index contributed by atoms with van der Waals surface area (Å²) in [5.74, 6) is 15.5. The molecule has 7 N–H and O–H groups in total. The second kappa shape index (κ2) is 17.9. The van der Waals surface area contributed by atoms with Crippen LogP contribution in [-0.2, 0) is 19.2 Å². The smallest absolute Gasteiger partial charge is 0.357 e. The van der Waals surface area contributed by atoms with Crippen LogP contribution in [0.3, 0.4) is 0 Å². The molecule has 3 aromatic carbocycles. The average molecular weight is 689 g/mol. The van der Waals surface area contributed by atoms with Gasteiger partial charge in [-0.15, -0.1) is 0 Å². The van der Waals surface area contributed by atoms with E-state index in [0.29, 0.717) is 29.0 Å². The zero-order valence-corrected chi connectivity index (χ0v) is 29.3. The van der Waals surface area contributed by atoms with Gasteiger partial charge in [-0.3, -0.25) is 19.2 Å². The topological polar surface area (TPSA) is 198 Å². The maximum Gasteiger partial charge on any atom is 0.357 e. The fraction of sp³-hybridized carbons (Fsp3) is 0.361. The average Bonchev–Trinajstić information content (AvgIpc) is 3.10. The first-order chi connectivity index (χ1) is 23.6. The first-order valence-corrected chi connectivity index (χ1v) is 16.3. The first kappa shape index (κ1) is 39.1. The van der Waals surface area contributed by atoms with Crippen molar-refractivity contribution in [2.45, 2.75) is 53.0 Å². The number of nitrogens with one attached hydrogen (secondary N) is 1. The summed E-state index contributed by atoms with van der Waals surface area (Å²) in [5.41, 5.74) is 1.48. The third kappa shape index (κ3) is 10.9. The normalized spacial score (nSPS) is 11.1. The highest BCUT2D eigenvalue weighted by molar-refractivity contribution is 6.02. The quantitative estimate of drug-likeness (QED) is 0.0977. The predicted octanol–water partition coefficient (Wildman–Crippen LogP) is 3.76. The molecule has 0 saturated heterocycles. The largest absolute Gasteiger partial charge is 0.373 e. The predicted molar refractivity (Wildman–Crippen MR) is 192 cm³/mol. The number of hydrazine groups is 2. The second-order valence-corrected chi connectivity index (χ2v) is 12.9. The van der Waals surface area contributed by atoms with Crippen LogP contribution in [0.5, 0.6) is 0 Å². The summed E-state index contributed by atoms with van der Waals surface area (Å²) in [6.45, 7) is 8.84. The molecule has 0 atom stereocenters. The number of ketones is 1. The summed E-state index contributed by atoms with van der Waals surface area (Å²) in [5, 5.41) is 5.10. The van der Waals surface area contributed by atoms with Crippen LogP contribution in [0.1, 0.15) is 56.5 Å². The first-order valence-electron chi connectivity index (χ1n) is 16.3. The molecule has 0 heterocycles. The molecule has 0 spiro atoms. The molecule has 14 nitrogen and oxygen atoms in total. The summed E-state index contributed by atoms with van der Waals surface area (Å²) in [6.07, 6.45) is 0.412. The molecule has 0 aromatic heterocycles. The molecular formula is C36H48N8O6. The number of benzene rings is 3. The van der Waals surface area contributed by atoms with E-state index < -0.39 is 29.4 Å². The number of rotatable bonds is 16. The summed E-state index contributed by atoms with van der Waals surface area (Å²) in [7, 11) is 0. The van der Waals surface area contributed by atoms with Crippen LogP contribution in [-0.4, -0.2) is 71.1 Å². The number of amides is 4. The number of nitrogens with two attached hydrogens (primary N) is 3. The molecule has 14 heteroatoms. The number of carbonyl (C=O) groups excluding carboxylic acids is 5. The molecule has 3 rings (SSSR count). The van der Waals surface area contributed by atoms with E-state index in [1.807, 2.05) is 32.9 Å². The van der Waals surface area contributed by atoms with Gasteiger partial charge in [-0.1, -0.05) is 50.2 Å². The second-order valence-electron chi connectivity index (χ2n) is 12.9. The van der Waals surface area contributed by atoms with Gasteiger partial charge in [0.15, 0.2) is 5.78 Å². The van der Waals surface area contributed by atoms with E-state index in [9.17, 15) is 24.0 Å². The Balaban J connectivity index is 1.72. The number of para-hydroxylation sites is 1. The molecular weight excluding hydrogens is 640 g/mol. The molecule has 0 bridgehead atoms. The number of hydrogen-bond acceptors (Lipinski definition) is 10. The number of Topliss-reactive ketones (excluding diaryl/α,β-unsaturated/α-hetero) is 1. The van der Waals surface area contributed by atoms with Crippen LogP contribution in [0.25, 0.3) is 0 Å². The lowest BCUT2D eigenvalue weighted by molar-refractivity contribution is -0.144. The van der Waals surface area contributed by atoms with Crippen molar-refractivity contribution < 1.29 is 28.8 Å². The fourth-order valence-electron chi connectivity index (χ4n) is 4.94. The Morgan fingerprint density at radius 3 is 2.02 bits per heavy atom. The highest BCUT2D eigenvalue weighted by atomic mass is 16.7. The van der Waals surface area contributed by atoms with Gasteiger partial charge in [0, 0.05) is 24.3 Å². The van der Waals surface area contributed by atoms with Crippen molar-refractivity contribution in [1.29, 1.82) is 0 Å². The van der Waals surface area contributed by atoms with Gasteiger partial charge in [0.05, 0.1) is 29.9 Å². The van der Waals surface area contributed by atoms with Crippen LogP contribution in [0.15, 0.2) is 78.9 Å². The Morgan fingerprint density at radius 1 is 0.800 bits per heavy atom. The number of aryl methyl sites for hydroxylation is 1. The molecule has 0 aliphatic heterocycles. The molecule has 0 radical (unpaired) electrons. The Morgan fingerprint density at radius 2 is 1.42 bits per heavy atom. The van der Waals surface area contributed by atoms with Gasteiger partial charge in [-0.25, -0.2) is 26.5 Å². The van der Waals surface area contributed by atoms with Crippen molar-refractivity contribution in [2.75, 3.05) is 41.5 Å². The highest BCUT2D eigenvalue weighted by Crippen LogP contribution is 2.23. The molecule has 0 unspecified atom stereocenters. The van der Waals surface area contributed by atoms with Crippen molar-refractivity contribution >= 4 is 46.7 Å². The molecule has 0 saturated carbocycles. The Hall–Kier alpha value is -5.31. The number of nitrogens with zero attached hydrogens (tertiary/aromatic N) is 4. The van der Waals surface area contributed by atoms with Crippen LogP contribution < -0.4 is 32.9 Å². The molecule has 0 fully saturated rings. The molecule has 3 aromatic rings. The molecule has 50 heavy (non-hydrogen) atoms. The van der Waals surface area contributed by atoms with Crippen LogP contribution in [0, 0.1) is 12.8 Å². The summed E-state index contributed by atoms with van der Waals surface area (Å²) >= 11 is 0. The molecule has 4 amide bonds. The van der Waals surface area contributed by atoms with Gasteiger partial charge in [0.2, 0.25) is 5.91 Å².